The average Bonchev–Trinajstić information content (AvgIpc) is 3.02. The minimum Gasteiger partial charge on any atom is -0.345 e. The maximum Gasteiger partial charge on any atom is 0.255 e. The van der Waals surface area contributed by atoms with Crippen molar-refractivity contribution in [2.75, 3.05) is 18.5 Å². The van der Waals surface area contributed by atoms with Crippen molar-refractivity contribution >= 4 is 16.5 Å². The highest BCUT2D eigenvalue weighted by Gasteiger charge is 2.27. The number of nitrogens with one attached hydrogen (secondary N) is 1. The number of hydrogen-bond acceptors (Lipinski definition) is 4. The molecule has 0 unspecified atom stereocenters. The first-order chi connectivity index (χ1) is 9.27. The fraction of sp³-hybridized carbons (Fsp3) is 0.786. The summed E-state index contributed by atoms with van der Waals surface area (Å²) in [6.07, 6.45) is 0.138. The van der Waals surface area contributed by atoms with E-state index in [2.05, 4.69) is 31.1 Å². The third kappa shape index (κ3) is 4.12. The second kappa shape index (κ2) is 5.93. The van der Waals surface area contributed by atoms with Crippen LogP contribution in [-0.2, 0) is 12.0 Å². The highest BCUT2D eigenvalue weighted by molar-refractivity contribution is 7.15. The number of hydrogen-bond donors (Lipinski definition) is 1. The van der Waals surface area contributed by atoms with Crippen LogP contribution in [0.2, 0.25) is 0 Å². The molecule has 1 saturated carbocycles. The Hall–Kier alpha value is -0.750. The molecule has 1 fully saturated rings. The van der Waals surface area contributed by atoms with Gasteiger partial charge in [0.1, 0.15) is 0 Å². The van der Waals surface area contributed by atoms with E-state index in [0.717, 1.165) is 12.2 Å². The van der Waals surface area contributed by atoms with Gasteiger partial charge in [-0.25, -0.2) is 13.8 Å². The summed E-state index contributed by atoms with van der Waals surface area (Å²) in [5, 5.41) is 4.17. The van der Waals surface area contributed by atoms with Gasteiger partial charge in [-0.2, -0.15) is 0 Å². The minimum atomic E-state index is -2.34. The zero-order valence-corrected chi connectivity index (χ0v) is 13.4. The van der Waals surface area contributed by atoms with Crippen molar-refractivity contribution < 1.29 is 8.78 Å². The van der Waals surface area contributed by atoms with E-state index in [0.29, 0.717) is 11.2 Å². The Bertz CT molecular complexity index is 450. The van der Waals surface area contributed by atoms with Crippen molar-refractivity contribution in [2.45, 2.75) is 58.0 Å². The Morgan fingerprint density at radius 2 is 2.05 bits per heavy atom. The molecule has 6 heteroatoms. The lowest BCUT2D eigenvalue weighted by Crippen LogP contribution is -2.24. The van der Waals surface area contributed by atoms with Crippen LogP contribution in [0.1, 0.15) is 44.2 Å². The molecule has 1 aromatic rings. The molecule has 0 radical (unpaired) electrons. The van der Waals surface area contributed by atoms with E-state index >= 15 is 0 Å². The minimum absolute atomic E-state index is 0.0685. The molecule has 114 valence electrons. The van der Waals surface area contributed by atoms with Crippen LogP contribution >= 0.6 is 11.3 Å². The van der Waals surface area contributed by atoms with E-state index in [-0.39, 0.29) is 12.0 Å². The van der Waals surface area contributed by atoms with Gasteiger partial charge < -0.3 is 10.2 Å². The van der Waals surface area contributed by atoms with Crippen molar-refractivity contribution in [3.8, 4) is 0 Å². The zero-order chi connectivity index (χ0) is 14.9. The molecule has 0 spiro atoms. The van der Waals surface area contributed by atoms with Gasteiger partial charge in [0.15, 0.2) is 5.13 Å². The molecule has 1 aliphatic carbocycles. The van der Waals surface area contributed by atoms with Crippen molar-refractivity contribution in [1.29, 1.82) is 0 Å². The smallest absolute Gasteiger partial charge is 0.255 e. The van der Waals surface area contributed by atoms with E-state index in [1.54, 1.807) is 11.9 Å². The summed E-state index contributed by atoms with van der Waals surface area (Å²) in [5.74, 6) is 0. The second-order valence-electron chi connectivity index (χ2n) is 6.45. The van der Waals surface area contributed by atoms with Gasteiger partial charge >= 0.3 is 0 Å². The highest BCUT2D eigenvalue weighted by atomic mass is 32.1. The van der Waals surface area contributed by atoms with E-state index in [9.17, 15) is 8.78 Å². The fourth-order valence-corrected chi connectivity index (χ4v) is 3.21. The largest absolute Gasteiger partial charge is 0.345 e. The lowest BCUT2D eigenvalue weighted by atomic mass is 9.91. The van der Waals surface area contributed by atoms with Crippen molar-refractivity contribution in [2.24, 2.45) is 0 Å². The van der Waals surface area contributed by atoms with Gasteiger partial charge in [0.25, 0.3) is 6.43 Å². The van der Waals surface area contributed by atoms with Gasteiger partial charge in [0.2, 0.25) is 0 Å². The number of anilines is 1. The molecule has 1 aliphatic rings. The monoisotopic (exact) mass is 303 g/mol. The van der Waals surface area contributed by atoms with Crippen LogP contribution < -0.4 is 10.2 Å². The van der Waals surface area contributed by atoms with E-state index in [1.807, 2.05) is 0 Å². The lowest BCUT2D eigenvalue weighted by molar-refractivity contribution is 0.156. The molecule has 2 rings (SSSR count). The van der Waals surface area contributed by atoms with Crippen LogP contribution in [0.25, 0.3) is 0 Å². The molecule has 0 aliphatic heterocycles. The molecule has 0 atom stereocenters. The maximum absolute atomic E-state index is 12.5. The third-order valence-electron chi connectivity index (χ3n) is 3.26. The van der Waals surface area contributed by atoms with E-state index in [4.69, 9.17) is 0 Å². The van der Waals surface area contributed by atoms with E-state index < -0.39 is 6.43 Å². The number of nitrogens with zero attached hydrogens (tertiary/aromatic N) is 2. The molecule has 0 aromatic carbocycles. The highest BCUT2D eigenvalue weighted by Crippen LogP contribution is 2.34. The summed E-state index contributed by atoms with van der Waals surface area (Å²) in [6, 6.07) is 0.632. The lowest BCUT2D eigenvalue weighted by Gasteiger charge is -2.18. The Balaban J connectivity index is 2.16. The molecule has 3 nitrogen and oxygen atoms in total. The van der Waals surface area contributed by atoms with Crippen LogP contribution in [-0.4, -0.2) is 31.0 Å². The van der Waals surface area contributed by atoms with Crippen LogP contribution in [0.5, 0.6) is 0 Å². The first kappa shape index (κ1) is 15.6. The van der Waals surface area contributed by atoms with Crippen molar-refractivity contribution in [1.82, 2.24) is 10.3 Å². The maximum atomic E-state index is 12.5. The number of halogens is 2. The standard InChI is InChI=1S/C14H23F2N3S/c1-14(2,3)12-10(7-17-9-5-6-9)20-13(18-12)19(4)8-11(15)16/h9,11,17H,5-8H2,1-4H3. The Labute approximate surface area is 123 Å². The number of alkyl halides is 2. The van der Waals surface area contributed by atoms with Crippen LogP contribution in [0, 0.1) is 0 Å². The van der Waals surface area contributed by atoms with Crippen LogP contribution in [0.3, 0.4) is 0 Å². The Kier molecular flexibility index (Phi) is 4.64. The van der Waals surface area contributed by atoms with Crippen molar-refractivity contribution in [3.05, 3.63) is 10.6 Å². The van der Waals surface area contributed by atoms with Gasteiger partial charge in [0.05, 0.1) is 12.2 Å². The first-order valence-corrected chi connectivity index (χ1v) is 7.82. The van der Waals surface area contributed by atoms with Crippen LogP contribution in [0.15, 0.2) is 0 Å². The van der Waals surface area contributed by atoms with Gasteiger partial charge in [-0.05, 0) is 12.8 Å². The van der Waals surface area contributed by atoms with Gasteiger partial charge in [-0.15, -0.1) is 11.3 Å². The summed E-state index contributed by atoms with van der Waals surface area (Å²) in [7, 11) is 1.68. The molecule has 0 bridgehead atoms. The summed E-state index contributed by atoms with van der Waals surface area (Å²) in [4.78, 5) is 7.32. The predicted octanol–water partition coefficient (Wildman–Crippen LogP) is 3.39. The van der Waals surface area contributed by atoms with E-state index in [1.165, 1.54) is 29.1 Å². The molecule has 1 aromatic heterocycles. The van der Waals surface area contributed by atoms with Crippen molar-refractivity contribution in [3.63, 3.8) is 0 Å². The normalized spacial score (nSPS) is 15.9. The quantitative estimate of drug-likeness (QED) is 0.873. The second-order valence-corrected chi connectivity index (χ2v) is 7.51. The van der Waals surface area contributed by atoms with Crippen LogP contribution in [0.4, 0.5) is 13.9 Å². The molecular formula is C14H23F2N3S. The first-order valence-electron chi connectivity index (χ1n) is 7.00. The summed E-state index contributed by atoms with van der Waals surface area (Å²) < 4.78 is 25.0. The summed E-state index contributed by atoms with van der Waals surface area (Å²) >= 11 is 1.53. The predicted molar refractivity (Wildman–Crippen MR) is 79.9 cm³/mol. The fourth-order valence-electron chi connectivity index (χ4n) is 2.02. The summed E-state index contributed by atoms with van der Waals surface area (Å²) in [5.41, 5.74) is 0.952. The Morgan fingerprint density at radius 1 is 1.40 bits per heavy atom. The molecular weight excluding hydrogens is 280 g/mol. The molecule has 0 saturated heterocycles. The Morgan fingerprint density at radius 3 is 2.55 bits per heavy atom. The molecule has 0 amide bonds. The summed E-state index contributed by atoms with van der Waals surface area (Å²) in [6.45, 7) is 6.85. The molecule has 1 heterocycles. The van der Waals surface area contributed by atoms with Gasteiger partial charge in [-0.3, -0.25) is 0 Å². The molecule has 1 N–H and O–H groups in total. The number of thiazole rings is 1. The number of rotatable bonds is 6. The number of aromatic nitrogens is 1. The SMILES string of the molecule is CN(CC(F)F)c1nc(C(C)(C)C)c(CNC2CC2)s1. The zero-order valence-electron chi connectivity index (χ0n) is 12.5. The average molecular weight is 303 g/mol. The van der Waals surface area contributed by atoms with Gasteiger partial charge in [-0.1, -0.05) is 20.8 Å². The molecule has 20 heavy (non-hydrogen) atoms. The topological polar surface area (TPSA) is 28.2 Å². The van der Waals surface area contributed by atoms with Gasteiger partial charge in [0, 0.05) is 29.9 Å². The third-order valence-corrected chi connectivity index (χ3v) is 4.43.